The summed E-state index contributed by atoms with van der Waals surface area (Å²) in [6, 6.07) is 21.1. The van der Waals surface area contributed by atoms with Crippen LogP contribution >= 0.6 is 0 Å². The average Bonchev–Trinajstić information content (AvgIpc) is 2.88. The molecule has 0 aliphatic carbocycles. The number of para-hydroxylation sites is 1. The quantitative estimate of drug-likeness (QED) is 0.484. The smallest absolute Gasteiger partial charge is 0.220 e. The Morgan fingerprint density at radius 3 is 2.76 bits per heavy atom. The highest BCUT2D eigenvalue weighted by molar-refractivity contribution is 5.84. The lowest BCUT2D eigenvalue weighted by molar-refractivity contribution is -0.123. The number of pyridine rings is 1. The van der Waals surface area contributed by atoms with Crippen molar-refractivity contribution in [2.24, 2.45) is 11.8 Å². The molecule has 2 bridgehead atoms. The molecule has 170 valence electrons. The minimum atomic E-state index is -0.0318. The Bertz CT molecular complexity index is 1110. The lowest BCUT2D eigenvalue weighted by atomic mass is 9.73. The molecule has 0 spiro atoms. The van der Waals surface area contributed by atoms with Gasteiger partial charge < -0.3 is 5.32 Å². The molecule has 5 atom stereocenters. The largest absolute Gasteiger partial charge is 0.348 e. The number of carbonyl (C=O) groups excluding carboxylic acids is 1. The van der Waals surface area contributed by atoms with Crippen LogP contribution in [0.3, 0.4) is 0 Å². The van der Waals surface area contributed by atoms with Gasteiger partial charge in [0, 0.05) is 30.6 Å². The van der Waals surface area contributed by atoms with E-state index in [1.54, 1.807) is 0 Å². The molecule has 0 saturated carbocycles. The Hall–Kier alpha value is -2.98. The molecule has 0 radical (unpaired) electrons. The second-order valence-electron chi connectivity index (χ2n) is 9.55. The van der Waals surface area contributed by atoms with Gasteiger partial charge in [0.25, 0.3) is 0 Å². The lowest BCUT2D eigenvalue weighted by Crippen LogP contribution is -2.57. The molecule has 3 aliphatic rings. The topological polar surface area (TPSA) is 45.2 Å². The van der Waals surface area contributed by atoms with Gasteiger partial charge in [-0.3, -0.25) is 14.7 Å². The molecule has 33 heavy (non-hydrogen) atoms. The van der Waals surface area contributed by atoms with Gasteiger partial charge in [0.15, 0.2) is 0 Å². The molecular weight excluding hydrogens is 406 g/mol. The zero-order valence-electron chi connectivity index (χ0n) is 19.2. The highest BCUT2D eigenvalue weighted by Gasteiger charge is 2.43. The summed E-state index contributed by atoms with van der Waals surface area (Å²) in [4.78, 5) is 20.3. The standard InChI is InChI=1S/C29H33N3O/c1-2-22-20-32-18-16-23(22)19-27(32)29(25-15-17-30-26-13-7-6-12-24(25)26)31-28(33)14-8-11-21-9-4-3-5-10-21/h2-7,9-10,12-13,15,17,22-23,27,29H,1,8,11,14,16,18-20H2,(H,31,33)/t22-,23-,27+,29+/m0/s1. The van der Waals surface area contributed by atoms with Crippen LogP contribution in [0.1, 0.15) is 42.9 Å². The van der Waals surface area contributed by atoms with Gasteiger partial charge in [-0.25, -0.2) is 0 Å². The summed E-state index contributed by atoms with van der Waals surface area (Å²) in [5.74, 6) is 1.36. The van der Waals surface area contributed by atoms with Crippen LogP contribution < -0.4 is 5.32 Å². The SMILES string of the molecule is C=C[C@H]1CN2CC[C@H]1C[C@@H]2[C@H](NC(=O)CCCc1ccccc1)c1ccnc2ccccc12. The van der Waals surface area contributed by atoms with Gasteiger partial charge in [-0.05, 0) is 67.3 Å². The van der Waals surface area contributed by atoms with Crippen molar-refractivity contribution in [2.75, 3.05) is 13.1 Å². The summed E-state index contributed by atoms with van der Waals surface area (Å²) >= 11 is 0. The van der Waals surface area contributed by atoms with E-state index in [1.165, 1.54) is 17.5 Å². The minimum absolute atomic E-state index is 0.0318. The zero-order valence-corrected chi connectivity index (χ0v) is 19.2. The van der Waals surface area contributed by atoms with Crippen LogP contribution in [0.15, 0.2) is 79.5 Å². The first-order chi connectivity index (χ1) is 16.2. The van der Waals surface area contributed by atoms with Crippen molar-refractivity contribution in [3.8, 4) is 0 Å². The minimum Gasteiger partial charge on any atom is -0.348 e. The van der Waals surface area contributed by atoms with E-state index in [-0.39, 0.29) is 11.9 Å². The van der Waals surface area contributed by atoms with E-state index in [4.69, 9.17) is 0 Å². The molecule has 4 heteroatoms. The number of rotatable bonds is 8. The van der Waals surface area contributed by atoms with Gasteiger partial charge >= 0.3 is 0 Å². The third-order valence-electron chi connectivity index (χ3n) is 7.59. The summed E-state index contributed by atoms with van der Waals surface area (Å²) in [5.41, 5.74) is 3.45. The molecule has 4 heterocycles. The fourth-order valence-corrected chi connectivity index (χ4v) is 5.84. The molecule has 1 aromatic heterocycles. The summed E-state index contributed by atoms with van der Waals surface area (Å²) in [6.07, 6.45) is 8.66. The van der Waals surface area contributed by atoms with E-state index in [9.17, 15) is 4.79 Å². The van der Waals surface area contributed by atoms with Gasteiger partial charge in [0.2, 0.25) is 5.91 Å². The molecule has 3 aliphatic heterocycles. The normalized spacial score (nSPS) is 25.0. The van der Waals surface area contributed by atoms with Crippen molar-refractivity contribution in [2.45, 2.75) is 44.2 Å². The fraction of sp³-hybridized carbons (Fsp3) is 0.379. The predicted octanol–water partition coefficient (Wildman–Crippen LogP) is 5.31. The Kier molecular flexibility index (Phi) is 6.54. The summed E-state index contributed by atoms with van der Waals surface area (Å²) in [7, 11) is 0. The number of nitrogens with one attached hydrogen (secondary N) is 1. The molecule has 3 fully saturated rings. The van der Waals surface area contributed by atoms with Crippen LogP contribution in [-0.2, 0) is 11.2 Å². The number of piperidine rings is 3. The van der Waals surface area contributed by atoms with Gasteiger partial charge in [0.05, 0.1) is 11.6 Å². The molecule has 6 rings (SSSR count). The van der Waals surface area contributed by atoms with E-state index in [1.807, 2.05) is 18.3 Å². The molecule has 1 amide bonds. The average molecular weight is 440 g/mol. The van der Waals surface area contributed by atoms with E-state index >= 15 is 0 Å². The summed E-state index contributed by atoms with van der Waals surface area (Å²) in [5, 5.41) is 4.60. The Morgan fingerprint density at radius 1 is 1.15 bits per heavy atom. The van der Waals surface area contributed by atoms with Crippen LogP contribution in [0.2, 0.25) is 0 Å². The van der Waals surface area contributed by atoms with Crippen molar-refractivity contribution in [1.29, 1.82) is 0 Å². The maximum Gasteiger partial charge on any atom is 0.220 e. The molecular formula is C29H33N3O. The van der Waals surface area contributed by atoms with Crippen LogP contribution in [0.25, 0.3) is 10.9 Å². The van der Waals surface area contributed by atoms with Crippen molar-refractivity contribution in [3.05, 3.63) is 90.6 Å². The van der Waals surface area contributed by atoms with E-state index in [0.717, 1.165) is 43.3 Å². The second kappa shape index (κ2) is 9.88. The van der Waals surface area contributed by atoms with Crippen LogP contribution in [-0.4, -0.2) is 34.9 Å². The number of hydrogen-bond donors (Lipinski definition) is 1. The van der Waals surface area contributed by atoms with E-state index in [2.05, 4.69) is 76.4 Å². The van der Waals surface area contributed by atoms with Crippen LogP contribution in [0.4, 0.5) is 0 Å². The fourth-order valence-electron chi connectivity index (χ4n) is 5.84. The highest BCUT2D eigenvalue weighted by Crippen LogP contribution is 2.42. The van der Waals surface area contributed by atoms with Gasteiger partial charge in [-0.1, -0.05) is 54.6 Å². The third kappa shape index (κ3) is 4.72. The zero-order chi connectivity index (χ0) is 22.6. The Balaban J connectivity index is 1.37. The molecule has 2 aromatic carbocycles. The van der Waals surface area contributed by atoms with Gasteiger partial charge in [-0.2, -0.15) is 0 Å². The van der Waals surface area contributed by atoms with E-state index in [0.29, 0.717) is 24.3 Å². The van der Waals surface area contributed by atoms with Crippen molar-refractivity contribution >= 4 is 16.8 Å². The number of nitrogens with zero attached hydrogens (tertiary/aromatic N) is 2. The first kappa shape index (κ1) is 21.8. The second-order valence-corrected chi connectivity index (χ2v) is 9.55. The van der Waals surface area contributed by atoms with Crippen molar-refractivity contribution in [3.63, 3.8) is 0 Å². The van der Waals surface area contributed by atoms with Crippen molar-refractivity contribution < 1.29 is 4.79 Å². The molecule has 4 nitrogen and oxygen atoms in total. The summed E-state index contributed by atoms with van der Waals surface area (Å²) in [6.45, 7) is 6.22. The number of aryl methyl sites for hydroxylation is 1. The van der Waals surface area contributed by atoms with Gasteiger partial charge in [0.1, 0.15) is 0 Å². The monoisotopic (exact) mass is 439 g/mol. The number of hydrogen-bond acceptors (Lipinski definition) is 3. The molecule has 3 saturated heterocycles. The number of carbonyl (C=O) groups is 1. The molecule has 3 aromatic rings. The number of benzene rings is 2. The Labute approximate surface area is 196 Å². The number of fused-ring (bicyclic) bond motifs is 4. The van der Waals surface area contributed by atoms with Crippen LogP contribution in [0, 0.1) is 11.8 Å². The Morgan fingerprint density at radius 2 is 1.97 bits per heavy atom. The van der Waals surface area contributed by atoms with E-state index < -0.39 is 0 Å². The number of amides is 1. The third-order valence-corrected chi connectivity index (χ3v) is 7.59. The van der Waals surface area contributed by atoms with Crippen LogP contribution in [0.5, 0.6) is 0 Å². The first-order valence-electron chi connectivity index (χ1n) is 12.3. The van der Waals surface area contributed by atoms with Crippen molar-refractivity contribution in [1.82, 2.24) is 15.2 Å². The lowest BCUT2D eigenvalue weighted by Gasteiger charge is -2.51. The maximum absolute atomic E-state index is 13.2. The number of aromatic nitrogens is 1. The maximum atomic E-state index is 13.2. The molecule has 1 unspecified atom stereocenters. The predicted molar refractivity (Wildman–Crippen MR) is 134 cm³/mol. The van der Waals surface area contributed by atoms with Gasteiger partial charge in [-0.15, -0.1) is 6.58 Å². The first-order valence-corrected chi connectivity index (χ1v) is 12.3. The summed E-state index contributed by atoms with van der Waals surface area (Å²) < 4.78 is 0. The molecule has 1 N–H and O–H groups in total. The highest BCUT2D eigenvalue weighted by atomic mass is 16.1.